The van der Waals surface area contributed by atoms with Crippen molar-refractivity contribution in [1.82, 2.24) is 0 Å². The summed E-state index contributed by atoms with van der Waals surface area (Å²) in [4.78, 5) is 35.2. The molecule has 2 amide bonds. The molecule has 2 N–H and O–H groups in total. The molecule has 0 aliphatic rings. The molecule has 0 aromatic heterocycles. The Balaban J connectivity index is 1.72. The molecule has 30 heavy (non-hydrogen) atoms. The van der Waals surface area contributed by atoms with Gasteiger partial charge in [-0.1, -0.05) is 18.2 Å². The molecule has 0 heterocycles. The Hall–Kier alpha value is -4.20. The average molecular weight is 405 g/mol. The molecule has 8 heteroatoms. The Morgan fingerprint density at radius 3 is 2.30 bits per heavy atom. The number of carbonyl (C=O) groups excluding carboxylic acids is 2. The number of hydrogen-bond acceptors (Lipinski definition) is 5. The zero-order valence-corrected chi connectivity index (χ0v) is 16.1. The van der Waals surface area contributed by atoms with Crippen molar-refractivity contribution in [2.75, 3.05) is 17.2 Å². The fourth-order valence-electron chi connectivity index (χ4n) is 2.72. The van der Waals surface area contributed by atoms with Gasteiger partial charge in [0.2, 0.25) is 0 Å². The molecule has 0 spiro atoms. The summed E-state index contributed by atoms with van der Waals surface area (Å²) in [5.74, 6) is -0.228. The topological polar surface area (TPSA) is 111 Å². The number of amides is 2. The Kier molecular flexibility index (Phi) is 6.39. The number of para-hydroxylation sites is 2. The summed E-state index contributed by atoms with van der Waals surface area (Å²) in [6.07, 6.45) is 0. The highest BCUT2D eigenvalue weighted by atomic mass is 16.6. The molecule has 152 valence electrons. The van der Waals surface area contributed by atoms with E-state index in [1.807, 2.05) is 13.0 Å². The monoisotopic (exact) mass is 405 g/mol. The molecule has 3 aromatic rings. The number of benzene rings is 3. The summed E-state index contributed by atoms with van der Waals surface area (Å²) in [6.45, 7) is 2.33. The van der Waals surface area contributed by atoms with Gasteiger partial charge in [0.15, 0.2) is 0 Å². The van der Waals surface area contributed by atoms with Crippen LogP contribution in [0, 0.1) is 10.1 Å². The third kappa shape index (κ3) is 4.99. The van der Waals surface area contributed by atoms with Crippen molar-refractivity contribution < 1.29 is 19.2 Å². The highest BCUT2D eigenvalue weighted by Crippen LogP contribution is 2.24. The van der Waals surface area contributed by atoms with Gasteiger partial charge in [0.1, 0.15) is 5.75 Å². The number of hydrogen-bond donors (Lipinski definition) is 2. The largest absolute Gasteiger partial charge is 0.492 e. The Morgan fingerprint density at radius 2 is 1.60 bits per heavy atom. The van der Waals surface area contributed by atoms with E-state index in [2.05, 4.69) is 10.6 Å². The second kappa shape index (κ2) is 9.33. The van der Waals surface area contributed by atoms with Crippen LogP contribution >= 0.6 is 0 Å². The van der Waals surface area contributed by atoms with Crippen LogP contribution in [0.2, 0.25) is 0 Å². The molecule has 0 saturated heterocycles. The lowest BCUT2D eigenvalue weighted by atomic mass is 10.1. The van der Waals surface area contributed by atoms with Gasteiger partial charge in [-0.05, 0) is 49.4 Å². The summed E-state index contributed by atoms with van der Waals surface area (Å²) < 4.78 is 5.51. The predicted molar refractivity (Wildman–Crippen MR) is 113 cm³/mol. The van der Waals surface area contributed by atoms with Crippen molar-refractivity contribution in [3.05, 3.63) is 94.0 Å². The number of ether oxygens (including phenoxy) is 1. The summed E-state index contributed by atoms with van der Waals surface area (Å²) >= 11 is 0. The van der Waals surface area contributed by atoms with Gasteiger partial charge in [-0.15, -0.1) is 0 Å². The summed E-state index contributed by atoms with van der Waals surface area (Å²) in [6, 6.07) is 18.8. The van der Waals surface area contributed by atoms with Gasteiger partial charge in [0, 0.05) is 28.9 Å². The van der Waals surface area contributed by atoms with Crippen LogP contribution in [0.5, 0.6) is 5.75 Å². The van der Waals surface area contributed by atoms with Crippen LogP contribution < -0.4 is 15.4 Å². The smallest absolute Gasteiger partial charge is 0.269 e. The lowest BCUT2D eigenvalue weighted by molar-refractivity contribution is -0.384. The van der Waals surface area contributed by atoms with Crippen molar-refractivity contribution in [3.8, 4) is 5.75 Å². The molecule has 3 rings (SSSR count). The SMILES string of the molecule is CCOc1ccccc1NC(=O)c1cccc(NC(=O)c2ccc([N+](=O)[O-])cc2)c1. The maximum absolute atomic E-state index is 12.6. The third-order valence-electron chi connectivity index (χ3n) is 4.16. The second-order valence-electron chi connectivity index (χ2n) is 6.22. The van der Waals surface area contributed by atoms with Crippen LogP contribution in [0.1, 0.15) is 27.6 Å². The van der Waals surface area contributed by atoms with Gasteiger partial charge in [-0.2, -0.15) is 0 Å². The number of nitrogens with zero attached hydrogens (tertiary/aromatic N) is 1. The van der Waals surface area contributed by atoms with Crippen LogP contribution in [0.25, 0.3) is 0 Å². The summed E-state index contributed by atoms with van der Waals surface area (Å²) in [5, 5.41) is 16.2. The molecule has 0 aliphatic carbocycles. The zero-order chi connectivity index (χ0) is 21.5. The molecule has 0 aliphatic heterocycles. The van der Waals surface area contributed by atoms with Gasteiger partial charge < -0.3 is 15.4 Å². The second-order valence-corrected chi connectivity index (χ2v) is 6.22. The molecule has 0 atom stereocenters. The Morgan fingerprint density at radius 1 is 0.900 bits per heavy atom. The predicted octanol–water partition coefficient (Wildman–Crippen LogP) is 4.50. The molecular weight excluding hydrogens is 386 g/mol. The van der Waals surface area contributed by atoms with E-state index >= 15 is 0 Å². The van der Waals surface area contributed by atoms with Crippen LogP contribution in [0.15, 0.2) is 72.8 Å². The number of rotatable bonds is 7. The molecule has 8 nitrogen and oxygen atoms in total. The minimum absolute atomic E-state index is 0.0995. The first-order chi connectivity index (χ1) is 14.5. The van der Waals surface area contributed by atoms with Crippen molar-refractivity contribution in [2.24, 2.45) is 0 Å². The summed E-state index contributed by atoms with van der Waals surface area (Å²) in [5.41, 5.74) is 1.48. The first-order valence-electron chi connectivity index (χ1n) is 9.17. The Labute approximate surface area is 172 Å². The van der Waals surface area contributed by atoms with Crippen LogP contribution in [0.4, 0.5) is 17.1 Å². The molecule has 0 bridgehead atoms. The molecule has 0 fully saturated rings. The van der Waals surface area contributed by atoms with E-state index in [1.165, 1.54) is 24.3 Å². The number of anilines is 2. The fourth-order valence-corrected chi connectivity index (χ4v) is 2.72. The molecule has 0 saturated carbocycles. The standard InChI is InChI=1S/C22H19N3O5/c1-2-30-20-9-4-3-8-19(20)24-22(27)16-6-5-7-17(14-16)23-21(26)15-10-12-18(13-11-15)25(28)29/h3-14H,2H2,1H3,(H,23,26)(H,24,27). The molecule has 0 unspecified atom stereocenters. The van der Waals surface area contributed by atoms with E-state index in [9.17, 15) is 19.7 Å². The van der Waals surface area contributed by atoms with Crippen molar-refractivity contribution in [1.29, 1.82) is 0 Å². The minimum atomic E-state index is -0.534. The van der Waals surface area contributed by atoms with E-state index in [1.54, 1.807) is 42.5 Å². The van der Waals surface area contributed by atoms with E-state index in [0.717, 1.165) is 0 Å². The molecule has 3 aromatic carbocycles. The van der Waals surface area contributed by atoms with E-state index in [4.69, 9.17) is 4.74 Å². The van der Waals surface area contributed by atoms with Gasteiger partial charge >= 0.3 is 0 Å². The van der Waals surface area contributed by atoms with Gasteiger partial charge in [-0.25, -0.2) is 0 Å². The van der Waals surface area contributed by atoms with Crippen LogP contribution in [-0.2, 0) is 0 Å². The van der Waals surface area contributed by atoms with Gasteiger partial charge in [0.05, 0.1) is 17.2 Å². The van der Waals surface area contributed by atoms with Crippen molar-refractivity contribution in [3.63, 3.8) is 0 Å². The first kappa shape index (κ1) is 20.5. The number of nitro groups is 1. The quantitative estimate of drug-likeness (QED) is 0.444. The fraction of sp³-hybridized carbons (Fsp3) is 0.0909. The maximum Gasteiger partial charge on any atom is 0.269 e. The number of nitro benzene ring substituents is 1. The lowest BCUT2D eigenvalue weighted by Gasteiger charge is -2.12. The van der Waals surface area contributed by atoms with E-state index in [0.29, 0.717) is 29.3 Å². The maximum atomic E-state index is 12.6. The first-order valence-corrected chi connectivity index (χ1v) is 9.17. The van der Waals surface area contributed by atoms with Crippen LogP contribution in [0.3, 0.4) is 0 Å². The third-order valence-corrected chi connectivity index (χ3v) is 4.16. The highest BCUT2D eigenvalue weighted by molar-refractivity contribution is 6.07. The average Bonchev–Trinajstić information content (AvgIpc) is 2.75. The molecular formula is C22H19N3O5. The van der Waals surface area contributed by atoms with Crippen LogP contribution in [-0.4, -0.2) is 23.3 Å². The van der Waals surface area contributed by atoms with Crippen molar-refractivity contribution in [2.45, 2.75) is 6.92 Å². The number of nitrogens with one attached hydrogen (secondary N) is 2. The molecule has 0 radical (unpaired) electrons. The minimum Gasteiger partial charge on any atom is -0.492 e. The highest BCUT2D eigenvalue weighted by Gasteiger charge is 2.13. The number of non-ortho nitro benzene ring substituents is 1. The zero-order valence-electron chi connectivity index (χ0n) is 16.1. The van der Waals surface area contributed by atoms with Gasteiger partial charge in [-0.3, -0.25) is 19.7 Å². The van der Waals surface area contributed by atoms with E-state index < -0.39 is 10.8 Å². The van der Waals surface area contributed by atoms with E-state index in [-0.39, 0.29) is 17.2 Å². The van der Waals surface area contributed by atoms with Crippen molar-refractivity contribution >= 4 is 28.9 Å². The Bertz CT molecular complexity index is 1080. The summed E-state index contributed by atoms with van der Waals surface area (Å²) in [7, 11) is 0. The number of carbonyl (C=O) groups is 2. The van der Waals surface area contributed by atoms with Gasteiger partial charge in [0.25, 0.3) is 17.5 Å². The lowest BCUT2D eigenvalue weighted by Crippen LogP contribution is -2.15. The normalized spacial score (nSPS) is 10.2.